The number of carboxylic acids is 2. The maximum absolute atomic E-state index is 10.6. The third kappa shape index (κ3) is 10.7. The first-order chi connectivity index (χ1) is 12.8. The third-order valence-electron chi connectivity index (χ3n) is 2.79. The fourth-order valence-corrected chi connectivity index (χ4v) is 1.74. The van der Waals surface area contributed by atoms with Gasteiger partial charge in [-0.2, -0.15) is 15.0 Å². The van der Waals surface area contributed by atoms with Gasteiger partial charge in [-0.25, -0.2) is 0 Å². The Morgan fingerprint density at radius 3 is 1.85 bits per heavy atom. The van der Waals surface area contributed by atoms with Crippen LogP contribution in [0.15, 0.2) is 0 Å². The quantitative estimate of drug-likeness (QED) is 0.151. The summed E-state index contributed by atoms with van der Waals surface area (Å²) in [6.45, 7) is 3.69. The summed E-state index contributed by atoms with van der Waals surface area (Å²) in [6.07, 6.45) is -0.565. The number of carbonyl (C=O) groups is 2. The second-order valence-electron chi connectivity index (χ2n) is 5.57. The number of nitrogens with zero attached hydrogens (tertiary/aromatic N) is 3. The van der Waals surface area contributed by atoms with Crippen LogP contribution in [-0.2, 0) is 14.3 Å². The summed E-state index contributed by atoms with van der Waals surface area (Å²) in [4.78, 5) is 33.2. The molecule has 27 heavy (non-hydrogen) atoms. The fourth-order valence-electron chi connectivity index (χ4n) is 1.74. The van der Waals surface area contributed by atoms with Crippen molar-refractivity contribution in [3.05, 3.63) is 0 Å². The molecule has 1 atom stereocenters. The van der Waals surface area contributed by atoms with E-state index < -0.39 is 31.4 Å². The monoisotopic (exact) mass is 387 g/mol. The molecule has 0 aliphatic carbocycles. The van der Waals surface area contributed by atoms with Crippen LogP contribution in [0.25, 0.3) is 0 Å². The number of anilines is 3. The lowest BCUT2D eigenvalue weighted by molar-refractivity contribution is -0.143. The molecule has 0 spiro atoms. The zero-order valence-corrected chi connectivity index (χ0v) is 15.1. The van der Waals surface area contributed by atoms with Crippen molar-refractivity contribution in [1.82, 2.24) is 20.3 Å². The van der Waals surface area contributed by atoms with Gasteiger partial charge in [0, 0.05) is 13.1 Å². The molecule has 0 aliphatic heterocycles. The summed E-state index contributed by atoms with van der Waals surface area (Å²) < 4.78 is 5.12. The zero-order chi connectivity index (χ0) is 20.2. The predicted octanol–water partition coefficient (Wildman–Crippen LogP) is -1.04. The number of aliphatic carboxylic acids is 2. The average molecular weight is 387 g/mol. The van der Waals surface area contributed by atoms with Gasteiger partial charge in [-0.1, -0.05) is 0 Å². The summed E-state index contributed by atoms with van der Waals surface area (Å²) >= 11 is 0. The zero-order valence-electron chi connectivity index (χ0n) is 15.1. The highest BCUT2D eigenvalue weighted by Crippen LogP contribution is 2.09. The summed E-state index contributed by atoms with van der Waals surface area (Å²) in [7, 11) is 0. The number of aromatic nitrogens is 3. The van der Waals surface area contributed by atoms with Crippen molar-refractivity contribution in [2.75, 3.05) is 42.1 Å². The lowest BCUT2D eigenvalue weighted by atomic mass is 10.4. The number of carboxylic acid groups (broad SMARTS) is 2. The minimum Gasteiger partial charge on any atom is -0.480 e. The third-order valence-corrected chi connectivity index (χ3v) is 2.79. The highest BCUT2D eigenvalue weighted by Gasteiger charge is 2.09. The maximum Gasteiger partial charge on any atom is 0.322 e. The van der Waals surface area contributed by atoms with Crippen LogP contribution < -0.4 is 21.3 Å². The van der Waals surface area contributed by atoms with Gasteiger partial charge in [0.1, 0.15) is 13.1 Å². The van der Waals surface area contributed by atoms with Gasteiger partial charge < -0.3 is 36.0 Å². The van der Waals surface area contributed by atoms with Crippen LogP contribution in [0.2, 0.25) is 0 Å². The van der Waals surface area contributed by atoms with Crippen LogP contribution >= 0.6 is 0 Å². The topological polar surface area (TPSA) is 191 Å². The minimum absolute atomic E-state index is 0.0123. The number of nitrogens with one attached hydrogen (secondary N) is 4. The first-order valence-electron chi connectivity index (χ1n) is 8.24. The van der Waals surface area contributed by atoms with Gasteiger partial charge in [-0.15, -0.1) is 0 Å². The summed E-state index contributed by atoms with van der Waals surface area (Å²) in [5, 5.41) is 37.6. The van der Waals surface area contributed by atoms with Crippen LogP contribution in [0.1, 0.15) is 20.3 Å². The Hall–Kier alpha value is -2.77. The van der Waals surface area contributed by atoms with E-state index in [0.29, 0.717) is 19.5 Å². The summed E-state index contributed by atoms with van der Waals surface area (Å²) in [5.74, 6) is -2.08. The van der Waals surface area contributed by atoms with Crippen molar-refractivity contribution in [2.45, 2.75) is 32.8 Å². The van der Waals surface area contributed by atoms with E-state index in [0.717, 1.165) is 0 Å². The summed E-state index contributed by atoms with van der Waals surface area (Å²) in [6, 6.07) is 0. The normalized spacial score (nSPS) is 11.9. The van der Waals surface area contributed by atoms with Crippen molar-refractivity contribution in [3.8, 4) is 0 Å². The number of aliphatic hydroxyl groups is 1. The Labute approximate surface area is 155 Å². The highest BCUT2D eigenvalue weighted by molar-refractivity contribution is 5.73. The molecule has 0 fully saturated rings. The lowest BCUT2D eigenvalue weighted by Crippen LogP contribution is -2.34. The number of hydrogen-bond acceptors (Lipinski definition) is 11. The van der Waals surface area contributed by atoms with Crippen molar-refractivity contribution in [1.29, 1.82) is 0 Å². The van der Waals surface area contributed by atoms with Gasteiger partial charge in [0.05, 0.1) is 6.10 Å². The molecule has 0 bridgehead atoms. The largest absolute Gasteiger partial charge is 0.480 e. The molecule has 0 radical (unpaired) electrons. The molecule has 1 aromatic rings. The van der Waals surface area contributed by atoms with Gasteiger partial charge >= 0.3 is 11.9 Å². The molecule has 0 saturated carbocycles. The number of ether oxygens (including phenoxy) is 1. The van der Waals surface area contributed by atoms with Crippen molar-refractivity contribution in [3.63, 3.8) is 0 Å². The van der Waals surface area contributed by atoms with Crippen LogP contribution in [0, 0.1) is 0 Å². The van der Waals surface area contributed by atoms with Crippen molar-refractivity contribution < 1.29 is 29.6 Å². The van der Waals surface area contributed by atoms with Crippen molar-refractivity contribution in [2.24, 2.45) is 0 Å². The van der Waals surface area contributed by atoms with E-state index in [4.69, 9.17) is 14.9 Å². The van der Waals surface area contributed by atoms with E-state index in [-0.39, 0.29) is 23.9 Å². The predicted molar refractivity (Wildman–Crippen MR) is 95.4 cm³/mol. The van der Waals surface area contributed by atoms with Gasteiger partial charge in [0.15, 0.2) is 0 Å². The second-order valence-corrected chi connectivity index (χ2v) is 5.57. The minimum atomic E-state index is -1.10. The first kappa shape index (κ1) is 22.3. The Balaban J connectivity index is 2.55. The molecular formula is C14H25N7O6. The Bertz CT molecular complexity index is 579. The fraction of sp³-hybridized carbons (Fsp3) is 0.643. The van der Waals surface area contributed by atoms with E-state index in [1.807, 2.05) is 0 Å². The maximum atomic E-state index is 10.6. The van der Waals surface area contributed by atoms with E-state index in [1.54, 1.807) is 13.8 Å². The van der Waals surface area contributed by atoms with Gasteiger partial charge in [0.2, 0.25) is 24.3 Å². The van der Waals surface area contributed by atoms with E-state index >= 15 is 0 Å². The van der Waals surface area contributed by atoms with Crippen LogP contribution in [-0.4, -0.2) is 80.9 Å². The highest BCUT2D eigenvalue weighted by atomic mass is 16.6. The average Bonchev–Trinajstić information content (AvgIpc) is 2.57. The number of hydrogen-bond donors (Lipinski definition) is 7. The SMILES string of the molecule is CC(C)OC(O)NCCCNc1nc(NCC(=O)O)nc(NCC(=O)O)n1. The van der Waals surface area contributed by atoms with E-state index in [2.05, 4.69) is 36.2 Å². The van der Waals surface area contributed by atoms with Gasteiger partial charge in [-0.3, -0.25) is 14.9 Å². The standard InChI is InChI=1S/C14H25N7O6/c1-8(2)27-14(26)16-5-3-4-15-11-19-12(17-6-9(22)23)21-13(20-11)18-7-10(24)25/h8,14,16,26H,3-7H2,1-2H3,(H,22,23)(H,24,25)(H3,15,17,18,19,20,21). The molecule has 0 aromatic carbocycles. The molecular weight excluding hydrogens is 362 g/mol. The molecule has 0 amide bonds. The van der Waals surface area contributed by atoms with Gasteiger partial charge in [-0.05, 0) is 20.3 Å². The Morgan fingerprint density at radius 2 is 1.41 bits per heavy atom. The molecule has 152 valence electrons. The molecule has 1 heterocycles. The van der Waals surface area contributed by atoms with E-state index in [1.165, 1.54) is 0 Å². The summed E-state index contributed by atoms with van der Waals surface area (Å²) in [5.41, 5.74) is 0. The first-order valence-corrected chi connectivity index (χ1v) is 8.24. The second kappa shape index (κ2) is 11.8. The van der Waals surface area contributed by atoms with Crippen LogP contribution in [0.3, 0.4) is 0 Å². The Kier molecular flexibility index (Phi) is 9.71. The Morgan fingerprint density at radius 1 is 0.926 bits per heavy atom. The van der Waals surface area contributed by atoms with Crippen LogP contribution in [0.4, 0.5) is 17.8 Å². The molecule has 1 unspecified atom stereocenters. The molecule has 7 N–H and O–H groups in total. The molecule has 0 aliphatic rings. The smallest absolute Gasteiger partial charge is 0.322 e. The molecule has 1 rings (SSSR count). The number of aliphatic hydroxyl groups excluding tert-OH is 1. The van der Waals surface area contributed by atoms with E-state index in [9.17, 15) is 14.7 Å². The van der Waals surface area contributed by atoms with Gasteiger partial charge in [0.25, 0.3) is 0 Å². The lowest BCUT2D eigenvalue weighted by Gasteiger charge is -2.16. The van der Waals surface area contributed by atoms with Crippen molar-refractivity contribution >= 4 is 29.8 Å². The molecule has 13 heteroatoms. The molecule has 0 saturated heterocycles. The molecule has 13 nitrogen and oxygen atoms in total. The molecule has 1 aromatic heterocycles. The number of rotatable bonds is 14. The van der Waals surface area contributed by atoms with Crippen LogP contribution in [0.5, 0.6) is 0 Å².